The summed E-state index contributed by atoms with van der Waals surface area (Å²) in [5.41, 5.74) is 2.58. The first-order valence-electron chi connectivity index (χ1n) is 7.36. The number of ether oxygens (including phenoxy) is 1. The van der Waals surface area contributed by atoms with Crippen LogP contribution in [0.5, 0.6) is 5.75 Å². The van der Waals surface area contributed by atoms with Crippen molar-refractivity contribution in [3.8, 4) is 5.75 Å². The van der Waals surface area contributed by atoms with Gasteiger partial charge in [0.25, 0.3) is 0 Å². The highest BCUT2D eigenvalue weighted by atomic mass is 32.1. The molecule has 1 aromatic heterocycles. The minimum absolute atomic E-state index is 0.176. The first kappa shape index (κ1) is 16.0. The van der Waals surface area contributed by atoms with E-state index >= 15 is 0 Å². The smallest absolute Gasteiger partial charge is 0.140 e. The van der Waals surface area contributed by atoms with Crippen molar-refractivity contribution in [3.05, 3.63) is 45.9 Å². The van der Waals surface area contributed by atoms with E-state index in [0.717, 1.165) is 29.5 Å². The van der Waals surface area contributed by atoms with Crippen molar-refractivity contribution in [2.75, 3.05) is 6.54 Å². The second-order valence-corrected chi connectivity index (χ2v) is 7.02. The predicted octanol–water partition coefficient (Wildman–Crippen LogP) is 4.13. The summed E-state index contributed by atoms with van der Waals surface area (Å²) in [6.45, 7) is 11.1. The molecule has 21 heavy (non-hydrogen) atoms. The summed E-state index contributed by atoms with van der Waals surface area (Å²) in [4.78, 5) is 4.55. The Balaban J connectivity index is 1.89. The van der Waals surface area contributed by atoms with Gasteiger partial charge in [-0.05, 0) is 29.7 Å². The van der Waals surface area contributed by atoms with Crippen LogP contribution in [0.25, 0.3) is 0 Å². The lowest BCUT2D eigenvalue weighted by atomic mass is 9.87. The van der Waals surface area contributed by atoms with Gasteiger partial charge in [-0.1, -0.05) is 39.8 Å². The zero-order valence-corrected chi connectivity index (χ0v) is 14.1. The third kappa shape index (κ3) is 4.83. The number of nitrogens with one attached hydrogen (secondary N) is 1. The maximum Gasteiger partial charge on any atom is 0.140 e. The molecular formula is C17H24N2OS. The van der Waals surface area contributed by atoms with Gasteiger partial charge >= 0.3 is 0 Å². The summed E-state index contributed by atoms with van der Waals surface area (Å²) in [5, 5.41) is 6.38. The van der Waals surface area contributed by atoms with Crippen LogP contribution in [0, 0.1) is 0 Å². The van der Waals surface area contributed by atoms with Crippen molar-refractivity contribution < 1.29 is 4.74 Å². The molecule has 0 spiro atoms. The molecule has 2 rings (SSSR count). The third-order valence-corrected chi connectivity index (χ3v) is 4.11. The van der Waals surface area contributed by atoms with Gasteiger partial charge in [-0.2, -0.15) is 0 Å². The summed E-state index contributed by atoms with van der Waals surface area (Å²) in [5.74, 6) is 0.895. The van der Waals surface area contributed by atoms with E-state index in [9.17, 15) is 0 Å². The van der Waals surface area contributed by atoms with Gasteiger partial charge in [0.05, 0.1) is 5.69 Å². The molecule has 1 N–H and O–H groups in total. The number of aromatic nitrogens is 1. The van der Waals surface area contributed by atoms with Gasteiger partial charge in [0, 0.05) is 11.9 Å². The fraction of sp³-hybridized carbons (Fsp3) is 0.471. The normalized spacial score (nSPS) is 11.6. The molecule has 0 radical (unpaired) electrons. The van der Waals surface area contributed by atoms with E-state index < -0.39 is 0 Å². The van der Waals surface area contributed by atoms with Crippen LogP contribution < -0.4 is 10.1 Å². The Morgan fingerprint density at radius 2 is 1.90 bits per heavy atom. The van der Waals surface area contributed by atoms with Gasteiger partial charge < -0.3 is 10.1 Å². The quantitative estimate of drug-likeness (QED) is 0.871. The Kier molecular flexibility index (Phi) is 5.37. The Morgan fingerprint density at radius 1 is 1.19 bits per heavy atom. The molecule has 0 aliphatic heterocycles. The number of rotatable bonds is 6. The lowest BCUT2D eigenvalue weighted by Gasteiger charge is -2.19. The molecule has 0 saturated heterocycles. The number of hydrogen-bond acceptors (Lipinski definition) is 4. The van der Waals surface area contributed by atoms with Gasteiger partial charge in [0.1, 0.15) is 17.4 Å². The van der Waals surface area contributed by atoms with Crippen molar-refractivity contribution in [3.63, 3.8) is 0 Å². The molecule has 0 saturated carbocycles. The fourth-order valence-electron chi connectivity index (χ4n) is 1.95. The average Bonchev–Trinajstić information content (AvgIpc) is 2.90. The molecule has 1 aromatic carbocycles. The van der Waals surface area contributed by atoms with Crippen LogP contribution in [0.2, 0.25) is 0 Å². The SMILES string of the molecule is CCNCc1csc(COc2ccc(C(C)(C)C)cc2)n1. The number of benzene rings is 1. The maximum absolute atomic E-state index is 5.81. The lowest BCUT2D eigenvalue weighted by molar-refractivity contribution is 0.305. The molecular weight excluding hydrogens is 280 g/mol. The number of nitrogens with zero attached hydrogens (tertiary/aromatic N) is 1. The van der Waals surface area contributed by atoms with Crippen molar-refractivity contribution in [2.45, 2.75) is 46.3 Å². The predicted molar refractivity (Wildman–Crippen MR) is 89.0 cm³/mol. The van der Waals surface area contributed by atoms with Crippen LogP contribution in [-0.4, -0.2) is 11.5 Å². The highest BCUT2D eigenvalue weighted by molar-refractivity contribution is 7.09. The van der Waals surface area contributed by atoms with Crippen LogP contribution in [0.4, 0.5) is 0 Å². The molecule has 0 amide bonds. The summed E-state index contributed by atoms with van der Waals surface area (Å²) in [6.07, 6.45) is 0. The van der Waals surface area contributed by atoms with Crippen molar-refractivity contribution in [1.29, 1.82) is 0 Å². The van der Waals surface area contributed by atoms with Gasteiger partial charge in [-0.15, -0.1) is 11.3 Å². The van der Waals surface area contributed by atoms with Gasteiger partial charge in [0.15, 0.2) is 0 Å². The highest BCUT2D eigenvalue weighted by Gasteiger charge is 2.13. The van der Waals surface area contributed by atoms with E-state index in [1.165, 1.54) is 5.56 Å². The van der Waals surface area contributed by atoms with Gasteiger partial charge in [-0.3, -0.25) is 0 Å². The topological polar surface area (TPSA) is 34.1 Å². The zero-order chi connectivity index (χ0) is 15.3. The molecule has 0 bridgehead atoms. The summed E-state index contributed by atoms with van der Waals surface area (Å²) >= 11 is 1.65. The minimum atomic E-state index is 0.176. The van der Waals surface area contributed by atoms with Crippen LogP contribution in [-0.2, 0) is 18.6 Å². The van der Waals surface area contributed by atoms with E-state index in [4.69, 9.17) is 4.74 Å². The zero-order valence-electron chi connectivity index (χ0n) is 13.3. The standard InChI is InChI=1S/C17H24N2OS/c1-5-18-10-14-12-21-16(19-14)11-20-15-8-6-13(7-9-15)17(2,3)4/h6-9,12,18H,5,10-11H2,1-4H3. The second-order valence-electron chi connectivity index (χ2n) is 6.08. The lowest BCUT2D eigenvalue weighted by Crippen LogP contribution is -2.12. The molecule has 0 unspecified atom stereocenters. The molecule has 3 nitrogen and oxygen atoms in total. The number of hydrogen-bond donors (Lipinski definition) is 1. The maximum atomic E-state index is 5.81. The monoisotopic (exact) mass is 304 g/mol. The Hall–Kier alpha value is -1.39. The van der Waals surface area contributed by atoms with Gasteiger partial charge in [-0.25, -0.2) is 4.98 Å². The molecule has 2 aromatic rings. The molecule has 1 heterocycles. The first-order chi connectivity index (χ1) is 9.99. The van der Waals surface area contributed by atoms with E-state index in [-0.39, 0.29) is 5.41 Å². The molecule has 0 aliphatic rings. The molecule has 0 aliphatic carbocycles. The molecule has 0 atom stereocenters. The first-order valence-corrected chi connectivity index (χ1v) is 8.24. The summed E-state index contributed by atoms with van der Waals surface area (Å²) in [7, 11) is 0. The highest BCUT2D eigenvalue weighted by Crippen LogP contribution is 2.24. The van der Waals surface area contributed by atoms with E-state index in [2.05, 4.69) is 55.5 Å². The Bertz CT molecular complexity index is 555. The van der Waals surface area contributed by atoms with Crippen molar-refractivity contribution >= 4 is 11.3 Å². The minimum Gasteiger partial charge on any atom is -0.486 e. The van der Waals surface area contributed by atoms with Crippen molar-refractivity contribution in [2.24, 2.45) is 0 Å². The van der Waals surface area contributed by atoms with Gasteiger partial charge in [0.2, 0.25) is 0 Å². The largest absolute Gasteiger partial charge is 0.486 e. The average molecular weight is 304 g/mol. The van der Waals surface area contributed by atoms with E-state index in [1.807, 2.05) is 12.1 Å². The van der Waals surface area contributed by atoms with Crippen LogP contribution in [0.3, 0.4) is 0 Å². The molecule has 4 heteroatoms. The summed E-state index contributed by atoms with van der Waals surface area (Å²) < 4.78 is 5.81. The van der Waals surface area contributed by atoms with E-state index in [0.29, 0.717) is 6.61 Å². The van der Waals surface area contributed by atoms with Crippen molar-refractivity contribution in [1.82, 2.24) is 10.3 Å². The Labute approximate surface area is 131 Å². The summed E-state index contributed by atoms with van der Waals surface area (Å²) in [6, 6.07) is 8.34. The molecule has 0 fully saturated rings. The van der Waals surface area contributed by atoms with Crippen LogP contribution >= 0.6 is 11.3 Å². The van der Waals surface area contributed by atoms with Crippen LogP contribution in [0.1, 0.15) is 44.0 Å². The third-order valence-electron chi connectivity index (χ3n) is 3.24. The second kappa shape index (κ2) is 7.05. The number of thiazole rings is 1. The fourth-order valence-corrected chi connectivity index (χ4v) is 2.65. The van der Waals surface area contributed by atoms with E-state index in [1.54, 1.807) is 11.3 Å². The van der Waals surface area contributed by atoms with Crippen LogP contribution in [0.15, 0.2) is 29.6 Å². The Morgan fingerprint density at radius 3 is 2.52 bits per heavy atom. The molecule has 114 valence electrons.